The zero-order chi connectivity index (χ0) is 37.4. The first kappa shape index (κ1) is 33.0. The average molecular weight is 718 g/mol. The van der Waals surface area contributed by atoms with E-state index in [2.05, 4.69) is 150 Å². The third kappa shape index (κ3) is 6.00. The molecule has 0 saturated heterocycles. The number of fused-ring (bicyclic) bond motifs is 3. The summed E-state index contributed by atoms with van der Waals surface area (Å²) < 4.78 is 2.37. The molecule has 0 aliphatic carbocycles. The highest BCUT2D eigenvalue weighted by Crippen LogP contribution is 2.40. The van der Waals surface area contributed by atoms with E-state index in [4.69, 9.17) is 9.97 Å². The largest absolute Gasteiger partial charge is 0.507 e. The van der Waals surface area contributed by atoms with Crippen molar-refractivity contribution in [3.63, 3.8) is 0 Å². The molecule has 0 bridgehead atoms. The number of hydrogen-bond donors (Lipinski definition) is 1. The van der Waals surface area contributed by atoms with E-state index in [0.29, 0.717) is 11.3 Å². The number of pyridine rings is 2. The lowest BCUT2D eigenvalue weighted by molar-refractivity contribution is 0.477. The summed E-state index contributed by atoms with van der Waals surface area (Å²) in [6.07, 6.45) is 1.90. The maximum Gasteiger partial charge on any atom is 0.125 e. The van der Waals surface area contributed by atoms with Crippen molar-refractivity contribution in [2.75, 3.05) is 0 Å². The molecule has 3 aromatic heterocycles. The first-order valence-corrected chi connectivity index (χ1v) is 18.8. The normalized spacial score (nSPS) is 11.3. The van der Waals surface area contributed by atoms with Crippen LogP contribution in [0.5, 0.6) is 5.75 Å². The van der Waals surface area contributed by atoms with Crippen LogP contribution in [0, 0.1) is 0 Å². The molecular weight excluding hydrogens is 683 g/mol. The van der Waals surface area contributed by atoms with Crippen molar-refractivity contribution in [1.29, 1.82) is 0 Å². The van der Waals surface area contributed by atoms with Gasteiger partial charge in [0.2, 0.25) is 0 Å². The highest BCUT2D eigenvalue weighted by atomic mass is 16.3. The second-order valence-electron chi connectivity index (χ2n) is 14.0. The Morgan fingerprint density at radius 3 is 1.77 bits per heavy atom. The summed E-state index contributed by atoms with van der Waals surface area (Å²) in [7, 11) is 0. The van der Waals surface area contributed by atoms with E-state index in [9.17, 15) is 5.11 Å². The molecule has 56 heavy (non-hydrogen) atoms. The van der Waals surface area contributed by atoms with E-state index in [1.165, 1.54) is 21.8 Å². The fourth-order valence-electron chi connectivity index (χ4n) is 7.86. The molecule has 7 aromatic carbocycles. The third-order valence-corrected chi connectivity index (χ3v) is 10.5. The van der Waals surface area contributed by atoms with Crippen molar-refractivity contribution in [3.8, 4) is 78.6 Å². The molecule has 0 atom stereocenters. The van der Waals surface area contributed by atoms with Crippen LogP contribution in [0.15, 0.2) is 206 Å². The number of rotatable bonds is 7. The van der Waals surface area contributed by atoms with E-state index in [1.807, 2.05) is 54.7 Å². The van der Waals surface area contributed by atoms with Crippen LogP contribution in [0.1, 0.15) is 0 Å². The minimum Gasteiger partial charge on any atom is -0.507 e. The Balaban J connectivity index is 1.09. The van der Waals surface area contributed by atoms with Crippen LogP contribution < -0.4 is 0 Å². The molecule has 0 aliphatic heterocycles. The van der Waals surface area contributed by atoms with Gasteiger partial charge in [0.1, 0.15) is 5.75 Å². The van der Waals surface area contributed by atoms with Gasteiger partial charge < -0.3 is 9.67 Å². The highest BCUT2D eigenvalue weighted by molar-refractivity contribution is 6.13. The second-order valence-corrected chi connectivity index (χ2v) is 14.0. The standard InChI is InChI=1S/C52H35N3O/c56-51-27-26-37(35-14-4-1-5-15-35)31-46(51)49-34-41(36-16-6-2-7-17-36)33-48(54-49)40-19-12-18-39(30-40)47-32-38(28-29-53-47)43-23-13-24-45-44-22-10-11-25-50(44)55(52(43)45)42-20-8-3-9-21-42/h1-34,56H. The van der Waals surface area contributed by atoms with Gasteiger partial charge in [-0.1, -0.05) is 140 Å². The minimum absolute atomic E-state index is 0.185. The van der Waals surface area contributed by atoms with Gasteiger partial charge in [0.05, 0.1) is 28.1 Å². The monoisotopic (exact) mass is 717 g/mol. The molecule has 0 aliphatic rings. The zero-order valence-electron chi connectivity index (χ0n) is 30.4. The molecule has 0 unspecified atom stereocenters. The fourth-order valence-corrected chi connectivity index (χ4v) is 7.86. The number of nitrogens with zero attached hydrogens (tertiary/aromatic N) is 3. The molecule has 1 N–H and O–H groups in total. The molecule has 10 aromatic rings. The van der Waals surface area contributed by atoms with E-state index < -0.39 is 0 Å². The van der Waals surface area contributed by atoms with Crippen molar-refractivity contribution in [3.05, 3.63) is 206 Å². The van der Waals surface area contributed by atoms with Crippen molar-refractivity contribution in [2.45, 2.75) is 0 Å². The molecule has 0 spiro atoms. The number of phenols is 1. The van der Waals surface area contributed by atoms with Gasteiger partial charge in [0.25, 0.3) is 0 Å². The summed E-state index contributed by atoms with van der Waals surface area (Å²) in [5, 5.41) is 13.6. The quantitative estimate of drug-likeness (QED) is 0.179. The molecular formula is C52H35N3O. The number of aromatic nitrogens is 3. The van der Waals surface area contributed by atoms with Crippen LogP contribution in [-0.2, 0) is 0 Å². The summed E-state index contributed by atoms with van der Waals surface area (Å²) in [5.74, 6) is 0.185. The van der Waals surface area contributed by atoms with Crippen LogP contribution in [-0.4, -0.2) is 19.6 Å². The Hall–Kier alpha value is -7.56. The topological polar surface area (TPSA) is 50.9 Å². The van der Waals surface area contributed by atoms with Gasteiger partial charge >= 0.3 is 0 Å². The first-order chi connectivity index (χ1) is 27.7. The summed E-state index contributed by atoms with van der Waals surface area (Å²) in [6, 6.07) is 68.9. The Morgan fingerprint density at radius 2 is 0.982 bits per heavy atom. The molecule has 264 valence electrons. The molecule has 4 heteroatoms. The van der Waals surface area contributed by atoms with E-state index in [1.54, 1.807) is 6.07 Å². The predicted octanol–water partition coefficient (Wildman–Crippen LogP) is 13.3. The molecule has 0 radical (unpaired) electrons. The maximum atomic E-state index is 11.2. The summed E-state index contributed by atoms with van der Waals surface area (Å²) in [4.78, 5) is 10.1. The van der Waals surface area contributed by atoms with E-state index >= 15 is 0 Å². The van der Waals surface area contributed by atoms with E-state index in [-0.39, 0.29) is 5.75 Å². The van der Waals surface area contributed by atoms with Gasteiger partial charge in [-0.15, -0.1) is 0 Å². The van der Waals surface area contributed by atoms with Gasteiger partial charge in [-0.25, -0.2) is 4.98 Å². The lowest BCUT2D eigenvalue weighted by Gasteiger charge is -2.14. The number of hydrogen-bond acceptors (Lipinski definition) is 3. The maximum absolute atomic E-state index is 11.2. The molecule has 0 amide bonds. The predicted molar refractivity (Wildman–Crippen MR) is 231 cm³/mol. The number of phenolic OH excluding ortho intramolecular Hbond substituents is 1. The Labute approximate surface area is 325 Å². The molecule has 0 saturated carbocycles. The van der Waals surface area contributed by atoms with Crippen LogP contribution in [0.4, 0.5) is 0 Å². The highest BCUT2D eigenvalue weighted by Gasteiger charge is 2.18. The Bertz CT molecular complexity index is 3030. The van der Waals surface area contributed by atoms with E-state index in [0.717, 1.165) is 61.6 Å². The number of aromatic hydroxyl groups is 1. The fraction of sp³-hybridized carbons (Fsp3) is 0. The molecule has 0 fully saturated rings. The zero-order valence-corrected chi connectivity index (χ0v) is 30.4. The molecule has 4 nitrogen and oxygen atoms in total. The van der Waals surface area contributed by atoms with Gasteiger partial charge in [-0.05, 0) is 88.5 Å². The number of benzene rings is 7. The summed E-state index contributed by atoms with van der Waals surface area (Å²) in [5.41, 5.74) is 14.9. The van der Waals surface area contributed by atoms with Crippen LogP contribution in [0.25, 0.3) is 94.6 Å². The average Bonchev–Trinajstić information content (AvgIpc) is 3.62. The lowest BCUT2D eigenvalue weighted by Crippen LogP contribution is -1.95. The SMILES string of the molecule is Oc1ccc(-c2ccccc2)cc1-c1cc(-c2ccccc2)cc(-c2cccc(-c3cc(-c4cccc5c6ccccc6n(-c6ccccc6)c45)ccn3)c2)n1. The molecule has 3 heterocycles. The Kier molecular flexibility index (Phi) is 8.27. The third-order valence-electron chi connectivity index (χ3n) is 10.5. The summed E-state index contributed by atoms with van der Waals surface area (Å²) >= 11 is 0. The van der Waals surface area contributed by atoms with Gasteiger partial charge in [-0.2, -0.15) is 0 Å². The number of para-hydroxylation sites is 3. The van der Waals surface area contributed by atoms with Gasteiger partial charge in [0.15, 0.2) is 0 Å². The van der Waals surface area contributed by atoms with Crippen molar-refractivity contribution in [1.82, 2.24) is 14.5 Å². The smallest absolute Gasteiger partial charge is 0.125 e. The van der Waals surface area contributed by atoms with Crippen LogP contribution >= 0.6 is 0 Å². The van der Waals surface area contributed by atoms with Gasteiger partial charge in [-0.3, -0.25) is 4.98 Å². The first-order valence-electron chi connectivity index (χ1n) is 18.8. The van der Waals surface area contributed by atoms with Gasteiger partial charge in [0, 0.05) is 44.9 Å². The minimum atomic E-state index is 0.185. The van der Waals surface area contributed by atoms with Crippen LogP contribution in [0.3, 0.4) is 0 Å². The summed E-state index contributed by atoms with van der Waals surface area (Å²) in [6.45, 7) is 0. The second kappa shape index (κ2) is 14.0. The van der Waals surface area contributed by atoms with Crippen molar-refractivity contribution >= 4 is 21.8 Å². The van der Waals surface area contributed by atoms with Crippen LogP contribution in [0.2, 0.25) is 0 Å². The molecule has 10 rings (SSSR count). The lowest BCUT2D eigenvalue weighted by atomic mass is 9.96. The Morgan fingerprint density at radius 1 is 0.375 bits per heavy atom. The van der Waals surface area contributed by atoms with Crippen molar-refractivity contribution < 1.29 is 5.11 Å². The van der Waals surface area contributed by atoms with Crippen molar-refractivity contribution in [2.24, 2.45) is 0 Å².